The average Bonchev–Trinajstić information content (AvgIpc) is 3.12. The summed E-state index contributed by atoms with van der Waals surface area (Å²) in [4.78, 5) is 24.2. The molecule has 1 aromatic carbocycles. The lowest BCUT2D eigenvalue weighted by Crippen LogP contribution is -2.35. The number of hydrogen-bond donors (Lipinski definition) is 1. The van der Waals surface area contributed by atoms with Gasteiger partial charge in [0.1, 0.15) is 5.76 Å². The summed E-state index contributed by atoms with van der Waals surface area (Å²) in [5, 5.41) is 2.81. The molecule has 0 radical (unpaired) electrons. The van der Waals surface area contributed by atoms with Crippen LogP contribution in [-0.4, -0.2) is 32.2 Å². The third kappa shape index (κ3) is 4.67. The Balaban J connectivity index is 2.00. The number of hydrogen-bond acceptors (Lipinski definition) is 6. The first-order valence-corrected chi connectivity index (χ1v) is 7.76. The van der Waals surface area contributed by atoms with Crippen LogP contribution >= 0.6 is 11.6 Å². The molecule has 8 heteroatoms. The van der Waals surface area contributed by atoms with E-state index in [0.717, 1.165) is 0 Å². The monoisotopic (exact) mass is 367 g/mol. The number of esters is 1. The quantitative estimate of drug-likeness (QED) is 0.757. The first-order chi connectivity index (χ1) is 12.0. The van der Waals surface area contributed by atoms with Gasteiger partial charge in [0.2, 0.25) is 0 Å². The predicted molar refractivity (Wildman–Crippen MR) is 90.0 cm³/mol. The van der Waals surface area contributed by atoms with Crippen LogP contribution in [0.4, 0.5) is 0 Å². The van der Waals surface area contributed by atoms with E-state index < -0.39 is 18.0 Å². The number of nitrogens with one attached hydrogen (secondary N) is 1. The Morgan fingerprint density at radius 2 is 2.04 bits per heavy atom. The van der Waals surface area contributed by atoms with Gasteiger partial charge in [-0.2, -0.15) is 0 Å². The molecule has 0 fully saturated rings. The summed E-state index contributed by atoms with van der Waals surface area (Å²) in [5.74, 6) is 0.0419. The van der Waals surface area contributed by atoms with E-state index in [0.29, 0.717) is 11.5 Å². The summed E-state index contributed by atoms with van der Waals surface area (Å²) < 4.78 is 20.5. The van der Waals surface area contributed by atoms with Crippen molar-refractivity contribution < 1.29 is 28.2 Å². The lowest BCUT2D eigenvalue weighted by Gasteiger charge is -2.15. The number of methoxy groups -OCH3 is 2. The van der Waals surface area contributed by atoms with E-state index >= 15 is 0 Å². The molecular weight excluding hydrogens is 350 g/mol. The minimum atomic E-state index is -0.991. The van der Waals surface area contributed by atoms with E-state index in [1.807, 2.05) is 0 Å². The summed E-state index contributed by atoms with van der Waals surface area (Å²) in [6, 6.07) is 6.26. The summed E-state index contributed by atoms with van der Waals surface area (Å²) >= 11 is 6.06. The predicted octanol–water partition coefficient (Wildman–Crippen LogP) is 2.81. The summed E-state index contributed by atoms with van der Waals surface area (Å²) in [6.07, 6.45) is 0.514. The summed E-state index contributed by atoms with van der Waals surface area (Å²) in [5.41, 5.74) is 0.147. The maximum absolute atomic E-state index is 12.2. The molecule has 0 aliphatic rings. The molecule has 0 saturated heterocycles. The Kier molecular flexibility index (Phi) is 6.30. The van der Waals surface area contributed by atoms with Crippen LogP contribution in [0.15, 0.2) is 34.9 Å². The average molecular weight is 368 g/mol. The molecule has 1 atom stereocenters. The van der Waals surface area contributed by atoms with E-state index in [1.165, 1.54) is 39.5 Å². The second-order valence-electron chi connectivity index (χ2n) is 5.04. The van der Waals surface area contributed by atoms with Crippen LogP contribution in [0, 0.1) is 0 Å². The van der Waals surface area contributed by atoms with Crippen molar-refractivity contribution in [1.82, 2.24) is 5.32 Å². The van der Waals surface area contributed by atoms with Crippen molar-refractivity contribution >= 4 is 23.5 Å². The molecular formula is C17H18ClNO6. The Bertz CT molecular complexity index is 744. The Hall–Kier alpha value is -2.67. The molecule has 1 aromatic heterocycles. The lowest BCUT2D eigenvalue weighted by atomic mass is 10.2. The molecule has 1 amide bonds. The van der Waals surface area contributed by atoms with Gasteiger partial charge in [-0.25, -0.2) is 4.79 Å². The number of ether oxygens (including phenoxy) is 3. The SMILES string of the molecule is COc1cc(C(=O)O[C@@H](C)C(=O)NCc2ccco2)cc(Cl)c1OC. The van der Waals surface area contributed by atoms with Gasteiger partial charge in [0.05, 0.1) is 37.6 Å². The lowest BCUT2D eigenvalue weighted by molar-refractivity contribution is -0.129. The summed E-state index contributed by atoms with van der Waals surface area (Å²) in [7, 11) is 2.86. The van der Waals surface area contributed by atoms with Crippen molar-refractivity contribution in [2.75, 3.05) is 14.2 Å². The molecule has 0 spiro atoms. The van der Waals surface area contributed by atoms with Gasteiger partial charge in [0.25, 0.3) is 5.91 Å². The van der Waals surface area contributed by atoms with Gasteiger partial charge in [0, 0.05) is 0 Å². The van der Waals surface area contributed by atoms with Crippen molar-refractivity contribution in [2.24, 2.45) is 0 Å². The first-order valence-electron chi connectivity index (χ1n) is 7.38. The molecule has 0 saturated carbocycles. The van der Waals surface area contributed by atoms with Gasteiger partial charge >= 0.3 is 5.97 Å². The van der Waals surface area contributed by atoms with Gasteiger partial charge in [-0.15, -0.1) is 0 Å². The molecule has 7 nitrogen and oxygen atoms in total. The second kappa shape index (κ2) is 8.43. The molecule has 134 valence electrons. The number of benzene rings is 1. The zero-order valence-corrected chi connectivity index (χ0v) is 14.8. The maximum Gasteiger partial charge on any atom is 0.339 e. The van der Waals surface area contributed by atoms with E-state index in [9.17, 15) is 9.59 Å². The zero-order valence-electron chi connectivity index (χ0n) is 14.0. The number of rotatable bonds is 7. The molecule has 2 aromatic rings. The van der Waals surface area contributed by atoms with E-state index in [2.05, 4.69) is 5.32 Å². The molecule has 1 heterocycles. The Labute approximate surface area is 149 Å². The van der Waals surface area contributed by atoms with Crippen LogP contribution < -0.4 is 14.8 Å². The van der Waals surface area contributed by atoms with Gasteiger partial charge in [-0.1, -0.05) is 11.6 Å². The highest BCUT2D eigenvalue weighted by Gasteiger charge is 2.21. The van der Waals surface area contributed by atoms with Crippen molar-refractivity contribution in [3.63, 3.8) is 0 Å². The highest BCUT2D eigenvalue weighted by molar-refractivity contribution is 6.32. The topological polar surface area (TPSA) is 87.0 Å². The van der Waals surface area contributed by atoms with E-state index in [4.69, 9.17) is 30.2 Å². The minimum Gasteiger partial charge on any atom is -0.493 e. The minimum absolute atomic E-state index is 0.147. The molecule has 2 rings (SSSR count). The van der Waals surface area contributed by atoms with E-state index in [1.54, 1.807) is 12.1 Å². The highest BCUT2D eigenvalue weighted by Crippen LogP contribution is 2.36. The van der Waals surface area contributed by atoms with Gasteiger partial charge in [-0.3, -0.25) is 4.79 Å². The highest BCUT2D eigenvalue weighted by atomic mass is 35.5. The molecule has 0 bridgehead atoms. The molecule has 0 aliphatic heterocycles. The van der Waals surface area contributed by atoms with Gasteiger partial charge in [-0.05, 0) is 31.2 Å². The molecule has 0 unspecified atom stereocenters. The van der Waals surface area contributed by atoms with E-state index in [-0.39, 0.29) is 22.9 Å². The Morgan fingerprint density at radius 3 is 2.64 bits per heavy atom. The fourth-order valence-corrected chi connectivity index (χ4v) is 2.34. The van der Waals surface area contributed by atoms with Crippen LogP contribution in [-0.2, 0) is 16.1 Å². The maximum atomic E-state index is 12.2. The standard InChI is InChI=1S/C17H18ClNO6/c1-10(16(20)19-9-12-5-4-6-24-12)25-17(21)11-7-13(18)15(23-3)14(8-11)22-2/h4-8,10H,9H2,1-3H3,(H,19,20)/t10-/m0/s1. The number of halogens is 1. The normalized spacial score (nSPS) is 11.5. The smallest absolute Gasteiger partial charge is 0.339 e. The van der Waals surface area contributed by atoms with Gasteiger partial charge in [0.15, 0.2) is 17.6 Å². The van der Waals surface area contributed by atoms with Crippen LogP contribution in [0.5, 0.6) is 11.5 Å². The van der Waals surface area contributed by atoms with Crippen molar-refractivity contribution in [1.29, 1.82) is 0 Å². The first kappa shape index (κ1) is 18.7. The molecule has 25 heavy (non-hydrogen) atoms. The number of carbonyl (C=O) groups excluding carboxylic acids is 2. The number of amides is 1. The fraction of sp³-hybridized carbons (Fsp3) is 0.294. The zero-order chi connectivity index (χ0) is 18.4. The molecule has 0 aliphatic carbocycles. The summed E-state index contributed by atoms with van der Waals surface area (Å²) in [6.45, 7) is 1.67. The molecule has 1 N–H and O–H groups in total. The van der Waals surface area contributed by atoms with Crippen molar-refractivity contribution in [3.8, 4) is 11.5 Å². The number of furan rings is 1. The number of carbonyl (C=O) groups is 2. The van der Waals surface area contributed by atoms with Crippen LogP contribution in [0.3, 0.4) is 0 Å². The largest absolute Gasteiger partial charge is 0.493 e. The van der Waals surface area contributed by atoms with Crippen molar-refractivity contribution in [2.45, 2.75) is 19.6 Å². The third-order valence-electron chi connectivity index (χ3n) is 3.34. The van der Waals surface area contributed by atoms with Crippen LogP contribution in [0.1, 0.15) is 23.0 Å². The van der Waals surface area contributed by atoms with Gasteiger partial charge < -0.3 is 23.9 Å². The fourth-order valence-electron chi connectivity index (χ4n) is 2.05. The van der Waals surface area contributed by atoms with Crippen LogP contribution in [0.2, 0.25) is 5.02 Å². The third-order valence-corrected chi connectivity index (χ3v) is 3.62. The van der Waals surface area contributed by atoms with Crippen LogP contribution in [0.25, 0.3) is 0 Å². The van der Waals surface area contributed by atoms with Crippen molar-refractivity contribution in [3.05, 3.63) is 46.9 Å². The second-order valence-corrected chi connectivity index (χ2v) is 5.45. The Morgan fingerprint density at radius 1 is 1.28 bits per heavy atom.